The van der Waals surface area contributed by atoms with E-state index in [9.17, 15) is 14.4 Å². The summed E-state index contributed by atoms with van der Waals surface area (Å²) in [4.78, 5) is 33.4. The standard InChI is InChI=1S/C23H41NO6/c1-2-3-4-5-6-7-8-9-10-11-12-13-14-15-16-17-24(18-21(25)26,19-22(27)28)20-23(29)30/h4-5H,2-3,6-20H2,1H3,(H2-,25,26,27,28,29,30)/p+1/b5-4+. The van der Waals surface area contributed by atoms with Crippen molar-refractivity contribution < 1.29 is 34.2 Å². The van der Waals surface area contributed by atoms with E-state index in [2.05, 4.69) is 19.1 Å². The number of hydrogen-bond acceptors (Lipinski definition) is 3. The zero-order valence-electron chi connectivity index (χ0n) is 18.7. The second kappa shape index (κ2) is 17.9. The van der Waals surface area contributed by atoms with Gasteiger partial charge in [-0.1, -0.05) is 70.4 Å². The molecule has 0 aliphatic carbocycles. The van der Waals surface area contributed by atoms with Crippen LogP contribution in [0.4, 0.5) is 0 Å². The molecule has 0 aromatic rings. The number of carboxylic acids is 3. The minimum Gasteiger partial charge on any atom is -0.477 e. The number of aliphatic carboxylic acids is 3. The Morgan fingerprint density at radius 3 is 1.37 bits per heavy atom. The number of carboxylic acid groups (broad SMARTS) is 3. The van der Waals surface area contributed by atoms with Crippen LogP contribution in [0.15, 0.2) is 12.2 Å². The van der Waals surface area contributed by atoms with Crippen molar-refractivity contribution in [2.45, 2.75) is 90.4 Å². The molecule has 0 aromatic carbocycles. The fraction of sp³-hybridized carbons (Fsp3) is 0.783. The Balaban J connectivity index is 3.92. The average Bonchev–Trinajstić information content (AvgIpc) is 2.63. The van der Waals surface area contributed by atoms with Gasteiger partial charge in [-0.2, -0.15) is 0 Å². The second-order valence-corrected chi connectivity index (χ2v) is 8.31. The molecular formula is C23H42NO6+. The molecule has 7 heteroatoms. The molecule has 0 aliphatic rings. The van der Waals surface area contributed by atoms with Crippen LogP contribution in [0, 0.1) is 0 Å². The van der Waals surface area contributed by atoms with Crippen LogP contribution in [0.3, 0.4) is 0 Å². The fourth-order valence-corrected chi connectivity index (χ4v) is 3.79. The first-order valence-electron chi connectivity index (χ1n) is 11.5. The third kappa shape index (κ3) is 17.0. The van der Waals surface area contributed by atoms with Crippen molar-refractivity contribution in [2.24, 2.45) is 0 Å². The lowest BCUT2D eigenvalue weighted by Crippen LogP contribution is -2.57. The van der Waals surface area contributed by atoms with Gasteiger partial charge in [-0.3, -0.25) is 4.48 Å². The average molecular weight is 429 g/mol. The molecule has 0 saturated heterocycles. The van der Waals surface area contributed by atoms with E-state index in [0.29, 0.717) is 6.42 Å². The van der Waals surface area contributed by atoms with Crippen molar-refractivity contribution in [3.05, 3.63) is 12.2 Å². The lowest BCUT2D eigenvalue weighted by molar-refractivity contribution is -0.907. The molecule has 0 aliphatic heterocycles. The monoisotopic (exact) mass is 428 g/mol. The van der Waals surface area contributed by atoms with E-state index in [1.807, 2.05) is 0 Å². The van der Waals surface area contributed by atoms with Crippen LogP contribution in [0.25, 0.3) is 0 Å². The molecule has 3 N–H and O–H groups in total. The van der Waals surface area contributed by atoms with Gasteiger partial charge in [0.25, 0.3) is 0 Å². The van der Waals surface area contributed by atoms with Gasteiger partial charge in [0.15, 0.2) is 19.6 Å². The van der Waals surface area contributed by atoms with Crippen molar-refractivity contribution in [2.75, 3.05) is 26.2 Å². The first-order chi connectivity index (χ1) is 14.3. The molecule has 0 unspecified atom stereocenters. The van der Waals surface area contributed by atoms with Crippen LogP contribution in [0.5, 0.6) is 0 Å². The summed E-state index contributed by atoms with van der Waals surface area (Å²) in [7, 11) is 0. The van der Waals surface area contributed by atoms with Gasteiger partial charge in [-0.05, 0) is 32.1 Å². The van der Waals surface area contributed by atoms with Crippen LogP contribution in [-0.2, 0) is 14.4 Å². The van der Waals surface area contributed by atoms with Gasteiger partial charge in [-0.25, -0.2) is 14.4 Å². The maximum absolute atomic E-state index is 11.1. The lowest BCUT2D eigenvalue weighted by Gasteiger charge is -2.34. The molecule has 7 nitrogen and oxygen atoms in total. The molecule has 0 radical (unpaired) electrons. The number of carbonyl (C=O) groups is 3. The highest BCUT2D eigenvalue weighted by Crippen LogP contribution is 2.14. The topological polar surface area (TPSA) is 112 Å². The number of nitrogens with zero attached hydrogens (tertiary/aromatic N) is 1. The molecule has 0 heterocycles. The van der Waals surface area contributed by atoms with E-state index in [-0.39, 0.29) is 6.54 Å². The molecule has 0 atom stereocenters. The molecule has 0 amide bonds. The van der Waals surface area contributed by atoms with Gasteiger partial charge in [0.1, 0.15) is 0 Å². The minimum atomic E-state index is -1.17. The first kappa shape index (κ1) is 28.1. The number of rotatable bonds is 21. The van der Waals surface area contributed by atoms with E-state index in [0.717, 1.165) is 19.3 Å². The van der Waals surface area contributed by atoms with Gasteiger partial charge in [-0.15, -0.1) is 0 Å². The number of unbranched alkanes of at least 4 members (excludes halogenated alkanes) is 11. The summed E-state index contributed by atoms with van der Waals surface area (Å²) >= 11 is 0. The zero-order chi connectivity index (χ0) is 22.7. The summed E-state index contributed by atoms with van der Waals surface area (Å²) < 4.78 is -0.437. The highest BCUT2D eigenvalue weighted by molar-refractivity contribution is 5.73. The van der Waals surface area contributed by atoms with E-state index >= 15 is 0 Å². The minimum absolute atomic E-state index is 0.262. The Morgan fingerprint density at radius 1 is 0.600 bits per heavy atom. The predicted octanol–water partition coefficient (Wildman–Crippen LogP) is 4.70. The molecule has 174 valence electrons. The smallest absolute Gasteiger partial charge is 0.359 e. The summed E-state index contributed by atoms with van der Waals surface area (Å²) in [5.74, 6) is -3.52. The molecule has 0 spiro atoms. The van der Waals surface area contributed by atoms with Crippen molar-refractivity contribution in [1.29, 1.82) is 0 Å². The summed E-state index contributed by atoms with van der Waals surface area (Å²) in [5.41, 5.74) is 0. The third-order valence-electron chi connectivity index (χ3n) is 5.29. The van der Waals surface area contributed by atoms with Crippen molar-refractivity contribution in [3.8, 4) is 0 Å². The first-order valence-corrected chi connectivity index (χ1v) is 11.5. The maximum Gasteiger partial charge on any atom is 0.359 e. The van der Waals surface area contributed by atoms with Crippen LogP contribution in [-0.4, -0.2) is 63.9 Å². The molecule has 30 heavy (non-hydrogen) atoms. The Labute approximate surface area is 181 Å². The van der Waals surface area contributed by atoms with Crippen molar-refractivity contribution in [1.82, 2.24) is 0 Å². The normalized spacial score (nSPS) is 11.8. The summed E-state index contributed by atoms with van der Waals surface area (Å²) in [5, 5.41) is 27.3. The Hall–Kier alpha value is -1.89. The predicted molar refractivity (Wildman–Crippen MR) is 117 cm³/mol. The van der Waals surface area contributed by atoms with Gasteiger partial charge in [0.2, 0.25) is 0 Å². The quantitative estimate of drug-likeness (QED) is 0.139. The Morgan fingerprint density at radius 2 is 0.967 bits per heavy atom. The summed E-state index contributed by atoms with van der Waals surface area (Å²) in [6.07, 6.45) is 19.3. The number of hydrogen-bond donors (Lipinski definition) is 3. The second-order valence-electron chi connectivity index (χ2n) is 8.31. The largest absolute Gasteiger partial charge is 0.477 e. The van der Waals surface area contributed by atoms with Crippen molar-refractivity contribution >= 4 is 17.9 Å². The van der Waals surface area contributed by atoms with E-state index < -0.39 is 42.0 Å². The number of quaternary nitrogens is 1. The van der Waals surface area contributed by atoms with E-state index in [1.54, 1.807) is 0 Å². The van der Waals surface area contributed by atoms with Crippen molar-refractivity contribution in [3.63, 3.8) is 0 Å². The molecular weight excluding hydrogens is 386 g/mol. The van der Waals surface area contributed by atoms with Crippen LogP contribution >= 0.6 is 0 Å². The van der Waals surface area contributed by atoms with Gasteiger partial charge in [0.05, 0.1) is 6.54 Å². The Bertz CT molecular complexity index is 477. The summed E-state index contributed by atoms with van der Waals surface area (Å²) in [6.45, 7) is 1.01. The highest BCUT2D eigenvalue weighted by atomic mass is 16.4. The fourth-order valence-electron chi connectivity index (χ4n) is 3.79. The van der Waals surface area contributed by atoms with E-state index in [4.69, 9.17) is 15.3 Å². The molecule has 0 bridgehead atoms. The number of allylic oxidation sites excluding steroid dienone is 2. The van der Waals surface area contributed by atoms with Crippen LogP contribution in [0.1, 0.15) is 90.4 Å². The van der Waals surface area contributed by atoms with E-state index in [1.165, 1.54) is 57.8 Å². The Kier molecular flexibility index (Phi) is 16.8. The van der Waals surface area contributed by atoms with Gasteiger partial charge >= 0.3 is 17.9 Å². The molecule has 0 aromatic heterocycles. The van der Waals surface area contributed by atoms with Crippen LogP contribution in [0.2, 0.25) is 0 Å². The zero-order valence-corrected chi connectivity index (χ0v) is 18.7. The molecule has 0 rings (SSSR count). The van der Waals surface area contributed by atoms with Crippen LogP contribution < -0.4 is 0 Å². The third-order valence-corrected chi connectivity index (χ3v) is 5.29. The lowest BCUT2D eigenvalue weighted by atomic mass is 10.1. The molecule has 0 saturated carbocycles. The van der Waals surface area contributed by atoms with Gasteiger partial charge < -0.3 is 15.3 Å². The molecule has 0 fully saturated rings. The SMILES string of the molecule is CCC/C=C/CCCCCCCCCCCC[N+](CC(=O)O)(CC(=O)O)CC(=O)O. The summed E-state index contributed by atoms with van der Waals surface area (Å²) in [6, 6.07) is 0. The maximum atomic E-state index is 11.1. The van der Waals surface area contributed by atoms with Gasteiger partial charge in [0, 0.05) is 0 Å². The highest BCUT2D eigenvalue weighted by Gasteiger charge is 2.35.